The van der Waals surface area contributed by atoms with Gasteiger partial charge >= 0.3 is 5.84 Å². The number of benzene rings is 1. The second kappa shape index (κ2) is 6.10. The van der Waals surface area contributed by atoms with Crippen molar-refractivity contribution in [3.8, 4) is 5.75 Å². The van der Waals surface area contributed by atoms with Gasteiger partial charge in [0.15, 0.2) is 0 Å². The Balaban J connectivity index is 2.98. The first-order valence-electron chi connectivity index (χ1n) is 4.14. The van der Waals surface area contributed by atoms with Gasteiger partial charge in [-0.3, -0.25) is 0 Å². The summed E-state index contributed by atoms with van der Waals surface area (Å²) in [6.07, 6.45) is 0. The molecule has 0 aromatic heterocycles. The van der Waals surface area contributed by atoms with Crippen molar-refractivity contribution in [3.63, 3.8) is 0 Å². The molecule has 0 heterocycles. The lowest BCUT2D eigenvalue weighted by Crippen LogP contribution is -1.92. The molecular formula is C8H7Cl4O2PS. The Labute approximate surface area is 119 Å². The third-order valence-electron chi connectivity index (χ3n) is 1.47. The Morgan fingerprint density at radius 2 is 1.75 bits per heavy atom. The van der Waals surface area contributed by atoms with Crippen molar-refractivity contribution in [2.24, 2.45) is 0 Å². The van der Waals surface area contributed by atoms with E-state index in [9.17, 15) is 0 Å². The van der Waals surface area contributed by atoms with Crippen LogP contribution in [0.3, 0.4) is 0 Å². The molecule has 0 amide bonds. The van der Waals surface area contributed by atoms with E-state index in [1.165, 1.54) is 12.1 Å². The quantitative estimate of drug-likeness (QED) is 0.531. The standard InChI is InChI=1S/C8H7Cl4O2PS/c1-2-13-15(12,16)14-8-4-6(10)5(9)3-7(8)11/h3-4H,2H2,1H3. The highest BCUT2D eigenvalue weighted by Gasteiger charge is 2.18. The van der Waals surface area contributed by atoms with Crippen LogP contribution in [0.2, 0.25) is 15.1 Å². The molecule has 0 aliphatic carbocycles. The van der Waals surface area contributed by atoms with E-state index in [2.05, 4.69) is 0 Å². The van der Waals surface area contributed by atoms with Gasteiger partial charge in [-0.1, -0.05) is 34.8 Å². The molecule has 0 aliphatic rings. The molecule has 1 unspecified atom stereocenters. The van der Waals surface area contributed by atoms with Gasteiger partial charge < -0.3 is 9.05 Å². The summed E-state index contributed by atoms with van der Waals surface area (Å²) >= 11 is 28.3. The van der Waals surface area contributed by atoms with Crippen molar-refractivity contribution in [1.82, 2.24) is 0 Å². The van der Waals surface area contributed by atoms with Crippen molar-refractivity contribution < 1.29 is 9.05 Å². The molecule has 0 spiro atoms. The van der Waals surface area contributed by atoms with E-state index in [1.54, 1.807) is 6.92 Å². The molecule has 0 fully saturated rings. The molecule has 16 heavy (non-hydrogen) atoms. The van der Waals surface area contributed by atoms with Crippen molar-refractivity contribution in [2.45, 2.75) is 6.92 Å². The molecule has 1 aromatic carbocycles. The highest BCUT2D eigenvalue weighted by atomic mass is 35.7. The van der Waals surface area contributed by atoms with E-state index in [-0.39, 0.29) is 10.8 Å². The Bertz CT molecular complexity index is 440. The minimum absolute atomic E-state index is 0.267. The molecular weight excluding hydrogens is 333 g/mol. The molecule has 2 nitrogen and oxygen atoms in total. The average Bonchev–Trinajstić information content (AvgIpc) is 2.13. The normalized spacial score (nSPS) is 14.6. The summed E-state index contributed by atoms with van der Waals surface area (Å²) in [5.41, 5.74) is 0. The zero-order valence-electron chi connectivity index (χ0n) is 8.05. The zero-order valence-corrected chi connectivity index (χ0v) is 12.8. The van der Waals surface area contributed by atoms with Gasteiger partial charge in [-0.15, -0.1) is 0 Å². The zero-order chi connectivity index (χ0) is 12.3. The molecule has 0 bridgehead atoms. The van der Waals surface area contributed by atoms with E-state index in [1.807, 2.05) is 0 Å². The Kier molecular flexibility index (Phi) is 5.66. The summed E-state index contributed by atoms with van der Waals surface area (Å²) in [6, 6.07) is 2.91. The van der Waals surface area contributed by atoms with Gasteiger partial charge in [0.2, 0.25) is 0 Å². The predicted molar refractivity (Wildman–Crippen MR) is 73.9 cm³/mol. The van der Waals surface area contributed by atoms with E-state index < -0.39 is 5.84 Å². The predicted octanol–water partition coefficient (Wildman–Crippen LogP) is 5.53. The van der Waals surface area contributed by atoms with Crippen LogP contribution in [0.4, 0.5) is 0 Å². The lowest BCUT2D eigenvalue weighted by atomic mass is 10.3. The monoisotopic (exact) mass is 338 g/mol. The SMILES string of the molecule is CCOP(=S)(Cl)Oc1cc(Cl)c(Cl)cc1Cl. The summed E-state index contributed by atoms with van der Waals surface area (Å²) < 4.78 is 10.4. The molecule has 8 heteroatoms. The van der Waals surface area contributed by atoms with Gasteiger partial charge in [0.1, 0.15) is 5.75 Å². The summed E-state index contributed by atoms with van der Waals surface area (Å²) in [5, 5.41) is 0.923. The van der Waals surface area contributed by atoms with Crippen LogP contribution >= 0.6 is 51.9 Å². The Morgan fingerprint density at radius 1 is 1.19 bits per heavy atom. The van der Waals surface area contributed by atoms with Crippen LogP contribution in [0, 0.1) is 0 Å². The van der Waals surface area contributed by atoms with Crippen LogP contribution in [0.5, 0.6) is 5.75 Å². The fourth-order valence-corrected chi connectivity index (χ4v) is 3.32. The number of halogens is 4. The topological polar surface area (TPSA) is 18.5 Å². The highest BCUT2D eigenvalue weighted by molar-refractivity contribution is 8.22. The molecule has 0 N–H and O–H groups in total. The summed E-state index contributed by atoms with van der Waals surface area (Å²) in [7, 11) is 0. The maximum atomic E-state index is 5.90. The molecule has 0 saturated heterocycles. The largest absolute Gasteiger partial charge is 0.431 e. The average molecular weight is 340 g/mol. The minimum atomic E-state index is -2.86. The second-order valence-electron chi connectivity index (χ2n) is 2.64. The van der Waals surface area contributed by atoms with Gasteiger partial charge in [-0.25, -0.2) is 0 Å². The Hall–Kier alpha value is 0.790. The van der Waals surface area contributed by atoms with Gasteiger partial charge in [0.25, 0.3) is 0 Å². The highest BCUT2D eigenvalue weighted by Crippen LogP contribution is 2.55. The van der Waals surface area contributed by atoms with Crippen LogP contribution in [-0.4, -0.2) is 6.61 Å². The Morgan fingerprint density at radius 3 is 2.31 bits per heavy atom. The van der Waals surface area contributed by atoms with Crippen LogP contribution in [0.25, 0.3) is 0 Å². The fraction of sp³-hybridized carbons (Fsp3) is 0.250. The first-order chi connectivity index (χ1) is 7.35. The van der Waals surface area contributed by atoms with Gasteiger partial charge in [-0.2, -0.15) is 0 Å². The smallest absolute Gasteiger partial charge is 0.332 e. The van der Waals surface area contributed by atoms with E-state index in [4.69, 9.17) is 66.9 Å². The first-order valence-corrected chi connectivity index (χ1v) is 8.82. The third kappa shape index (κ3) is 4.23. The fourth-order valence-electron chi connectivity index (χ4n) is 0.872. The molecule has 90 valence electrons. The van der Waals surface area contributed by atoms with E-state index in [0.29, 0.717) is 16.7 Å². The third-order valence-corrected chi connectivity index (χ3v) is 4.50. The summed E-state index contributed by atoms with van der Waals surface area (Å²) in [5.74, 6) is -2.59. The maximum absolute atomic E-state index is 5.90. The van der Waals surface area contributed by atoms with Crippen molar-refractivity contribution in [1.29, 1.82) is 0 Å². The van der Waals surface area contributed by atoms with Crippen LogP contribution in [0.1, 0.15) is 6.92 Å². The van der Waals surface area contributed by atoms with Crippen molar-refractivity contribution >= 4 is 63.7 Å². The minimum Gasteiger partial charge on any atom is -0.431 e. The van der Waals surface area contributed by atoms with Crippen molar-refractivity contribution in [3.05, 3.63) is 27.2 Å². The van der Waals surface area contributed by atoms with Gasteiger partial charge in [0.05, 0.1) is 21.7 Å². The maximum Gasteiger partial charge on any atom is 0.332 e. The summed E-state index contributed by atoms with van der Waals surface area (Å²) in [6.45, 7) is 2.13. The molecule has 0 aliphatic heterocycles. The van der Waals surface area contributed by atoms with Gasteiger partial charge in [0, 0.05) is 6.07 Å². The van der Waals surface area contributed by atoms with Crippen LogP contribution < -0.4 is 4.52 Å². The van der Waals surface area contributed by atoms with E-state index in [0.717, 1.165) is 0 Å². The number of hydrogen-bond donors (Lipinski definition) is 0. The van der Waals surface area contributed by atoms with Crippen LogP contribution in [0.15, 0.2) is 12.1 Å². The lowest BCUT2D eigenvalue weighted by Gasteiger charge is -2.16. The van der Waals surface area contributed by atoms with Gasteiger partial charge in [-0.05, 0) is 36.0 Å². The molecule has 0 saturated carbocycles. The van der Waals surface area contributed by atoms with Crippen LogP contribution in [-0.2, 0) is 16.3 Å². The second-order valence-corrected chi connectivity index (χ2v) is 8.54. The number of hydrogen-bond acceptors (Lipinski definition) is 3. The first kappa shape index (κ1) is 14.8. The van der Waals surface area contributed by atoms with Crippen molar-refractivity contribution in [2.75, 3.05) is 6.61 Å². The summed E-state index contributed by atoms with van der Waals surface area (Å²) in [4.78, 5) is 0. The molecule has 1 aromatic rings. The molecule has 1 rings (SSSR count). The number of rotatable bonds is 4. The molecule has 0 radical (unpaired) electrons. The van der Waals surface area contributed by atoms with E-state index >= 15 is 0 Å². The molecule has 1 atom stereocenters. The lowest BCUT2D eigenvalue weighted by molar-refractivity contribution is 0.343.